The Labute approximate surface area is 138 Å². The van der Waals surface area contributed by atoms with Crippen molar-refractivity contribution < 1.29 is 4.79 Å². The van der Waals surface area contributed by atoms with Gasteiger partial charge < -0.3 is 10.6 Å². The molecule has 5 nitrogen and oxygen atoms in total. The summed E-state index contributed by atoms with van der Waals surface area (Å²) in [6, 6.07) is 3.43. The summed E-state index contributed by atoms with van der Waals surface area (Å²) >= 11 is 12.0. The third-order valence-corrected chi connectivity index (χ3v) is 4.63. The molecule has 116 valence electrons. The summed E-state index contributed by atoms with van der Waals surface area (Å²) in [6.07, 6.45) is 4.18. The lowest BCUT2D eigenvalue weighted by Gasteiger charge is -2.33. The van der Waals surface area contributed by atoms with E-state index in [2.05, 4.69) is 14.9 Å². The van der Waals surface area contributed by atoms with Gasteiger partial charge in [-0.3, -0.25) is 9.78 Å². The third kappa shape index (κ3) is 3.25. The topological polar surface area (TPSA) is 72.1 Å². The van der Waals surface area contributed by atoms with Crippen molar-refractivity contribution in [3.05, 3.63) is 28.4 Å². The molecule has 22 heavy (non-hydrogen) atoms. The Kier molecular flexibility index (Phi) is 4.36. The SMILES string of the molecule is NC(=O)CC1CCCN(c2cnc3cc(Cl)c(Cl)cc3n2)C1. The average Bonchev–Trinajstić information content (AvgIpc) is 2.47. The van der Waals surface area contributed by atoms with E-state index < -0.39 is 0 Å². The van der Waals surface area contributed by atoms with Gasteiger partial charge in [0.25, 0.3) is 0 Å². The van der Waals surface area contributed by atoms with E-state index in [-0.39, 0.29) is 11.8 Å². The molecule has 0 bridgehead atoms. The molecule has 0 radical (unpaired) electrons. The number of anilines is 1. The highest BCUT2D eigenvalue weighted by Gasteiger charge is 2.22. The van der Waals surface area contributed by atoms with Crippen LogP contribution in [0.15, 0.2) is 18.3 Å². The first-order valence-electron chi connectivity index (χ1n) is 7.18. The molecular formula is C15H16Cl2N4O. The number of benzene rings is 1. The quantitative estimate of drug-likeness (QED) is 0.933. The number of carbonyl (C=O) groups is 1. The maximum atomic E-state index is 11.1. The van der Waals surface area contributed by atoms with Crippen molar-refractivity contribution in [2.45, 2.75) is 19.3 Å². The standard InChI is InChI=1S/C15H16Cl2N4O/c16-10-5-12-13(6-11(10)17)20-15(7-19-12)21-3-1-2-9(8-21)4-14(18)22/h5-7,9H,1-4,8H2,(H2,18,22). The predicted molar refractivity (Wildman–Crippen MR) is 88.3 cm³/mol. The number of nitrogens with two attached hydrogens (primary N) is 1. The summed E-state index contributed by atoms with van der Waals surface area (Å²) in [6.45, 7) is 1.67. The van der Waals surface area contributed by atoms with Gasteiger partial charge in [-0.1, -0.05) is 23.2 Å². The number of amides is 1. The van der Waals surface area contributed by atoms with E-state index >= 15 is 0 Å². The molecule has 0 saturated carbocycles. The molecule has 3 rings (SSSR count). The molecule has 1 unspecified atom stereocenters. The molecule has 2 N–H and O–H groups in total. The largest absolute Gasteiger partial charge is 0.370 e. The van der Waals surface area contributed by atoms with E-state index in [9.17, 15) is 4.79 Å². The molecule has 1 aliphatic heterocycles. The number of rotatable bonds is 3. The number of hydrogen-bond acceptors (Lipinski definition) is 4. The van der Waals surface area contributed by atoms with Gasteiger partial charge in [-0.15, -0.1) is 0 Å². The summed E-state index contributed by atoms with van der Waals surface area (Å²) in [5, 5.41) is 0.932. The maximum Gasteiger partial charge on any atom is 0.217 e. The van der Waals surface area contributed by atoms with Crippen molar-refractivity contribution in [3.63, 3.8) is 0 Å². The van der Waals surface area contributed by atoms with Crippen LogP contribution >= 0.6 is 23.2 Å². The van der Waals surface area contributed by atoms with Crippen LogP contribution in [0.3, 0.4) is 0 Å². The number of nitrogens with zero attached hydrogens (tertiary/aromatic N) is 3. The molecule has 0 aliphatic carbocycles. The maximum absolute atomic E-state index is 11.1. The molecule has 1 amide bonds. The first-order valence-corrected chi connectivity index (χ1v) is 7.93. The van der Waals surface area contributed by atoms with Gasteiger partial charge in [-0.05, 0) is 30.9 Å². The number of halogens is 2. The molecule has 1 fully saturated rings. The van der Waals surface area contributed by atoms with Gasteiger partial charge in [0.05, 0.1) is 27.3 Å². The zero-order chi connectivity index (χ0) is 15.7. The van der Waals surface area contributed by atoms with Gasteiger partial charge >= 0.3 is 0 Å². The van der Waals surface area contributed by atoms with Crippen molar-refractivity contribution in [2.75, 3.05) is 18.0 Å². The van der Waals surface area contributed by atoms with Crippen LogP contribution in [0.1, 0.15) is 19.3 Å². The zero-order valence-electron chi connectivity index (χ0n) is 11.9. The predicted octanol–water partition coefficient (Wildman–Crippen LogP) is 3.03. The number of hydrogen-bond donors (Lipinski definition) is 1. The lowest BCUT2D eigenvalue weighted by molar-refractivity contribution is -0.118. The van der Waals surface area contributed by atoms with Crippen LogP contribution in [0.2, 0.25) is 10.0 Å². The minimum absolute atomic E-state index is 0.252. The number of carbonyl (C=O) groups excluding carboxylic acids is 1. The Morgan fingerprint density at radius 2 is 2.05 bits per heavy atom. The summed E-state index contributed by atoms with van der Waals surface area (Å²) in [5.41, 5.74) is 6.72. The van der Waals surface area contributed by atoms with E-state index in [1.165, 1.54) is 0 Å². The second-order valence-corrected chi connectivity index (χ2v) is 6.42. The molecule has 7 heteroatoms. The normalized spacial score (nSPS) is 18.6. The second-order valence-electron chi connectivity index (χ2n) is 5.61. The monoisotopic (exact) mass is 338 g/mol. The molecule has 1 aromatic heterocycles. The van der Waals surface area contributed by atoms with Crippen LogP contribution in [0.25, 0.3) is 11.0 Å². The lowest BCUT2D eigenvalue weighted by atomic mass is 9.94. The van der Waals surface area contributed by atoms with Gasteiger partial charge in [0.1, 0.15) is 5.82 Å². The van der Waals surface area contributed by atoms with Crippen LogP contribution < -0.4 is 10.6 Å². The highest BCUT2D eigenvalue weighted by molar-refractivity contribution is 6.42. The lowest BCUT2D eigenvalue weighted by Crippen LogP contribution is -2.37. The molecule has 2 aromatic rings. The fourth-order valence-electron chi connectivity index (χ4n) is 2.87. The summed E-state index contributed by atoms with van der Waals surface area (Å²) in [5.74, 6) is 0.815. The van der Waals surface area contributed by atoms with E-state index in [0.29, 0.717) is 27.5 Å². The molecular weight excluding hydrogens is 323 g/mol. The molecule has 1 aliphatic rings. The van der Waals surface area contributed by atoms with Gasteiger partial charge in [-0.2, -0.15) is 0 Å². The number of primary amides is 1. The molecule has 2 heterocycles. The van der Waals surface area contributed by atoms with Crippen molar-refractivity contribution in [3.8, 4) is 0 Å². The van der Waals surface area contributed by atoms with Crippen molar-refractivity contribution in [1.82, 2.24) is 9.97 Å². The zero-order valence-corrected chi connectivity index (χ0v) is 13.4. The molecule has 1 aromatic carbocycles. The van der Waals surface area contributed by atoms with Gasteiger partial charge in [-0.25, -0.2) is 4.98 Å². The van der Waals surface area contributed by atoms with E-state index in [4.69, 9.17) is 28.9 Å². The molecule has 1 saturated heterocycles. The average molecular weight is 339 g/mol. The highest BCUT2D eigenvalue weighted by atomic mass is 35.5. The van der Waals surface area contributed by atoms with Crippen molar-refractivity contribution >= 4 is 46.0 Å². The van der Waals surface area contributed by atoms with E-state index in [1.807, 2.05) is 0 Å². The summed E-state index contributed by atoms with van der Waals surface area (Å²) in [4.78, 5) is 22.3. The Hall–Kier alpha value is -1.59. The summed E-state index contributed by atoms with van der Waals surface area (Å²) in [7, 11) is 0. The first-order chi connectivity index (χ1) is 10.5. The van der Waals surface area contributed by atoms with Crippen molar-refractivity contribution in [1.29, 1.82) is 0 Å². The highest BCUT2D eigenvalue weighted by Crippen LogP contribution is 2.28. The van der Waals surface area contributed by atoms with E-state index in [1.54, 1.807) is 18.3 Å². The van der Waals surface area contributed by atoms with Crippen LogP contribution in [0.4, 0.5) is 5.82 Å². The number of fused-ring (bicyclic) bond motifs is 1. The number of aromatic nitrogens is 2. The second kappa shape index (κ2) is 6.26. The van der Waals surface area contributed by atoms with Crippen LogP contribution in [-0.2, 0) is 4.79 Å². The van der Waals surface area contributed by atoms with E-state index in [0.717, 1.165) is 31.7 Å². The fraction of sp³-hybridized carbons (Fsp3) is 0.400. The minimum Gasteiger partial charge on any atom is -0.370 e. The Morgan fingerprint density at radius 1 is 1.32 bits per heavy atom. The Morgan fingerprint density at radius 3 is 2.77 bits per heavy atom. The van der Waals surface area contributed by atoms with Crippen LogP contribution in [0.5, 0.6) is 0 Å². The smallest absolute Gasteiger partial charge is 0.217 e. The Balaban J connectivity index is 1.86. The minimum atomic E-state index is -0.252. The Bertz CT molecular complexity index is 722. The van der Waals surface area contributed by atoms with Gasteiger partial charge in [0.15, 0.2) is 0 Å². The van der Waals surface area contributed by atoms with Crippen LogP contribution in [0, 0.1) is 5.92 Å². The summed E-state index contributed by atoms with van der Waals surface area (Å²) < 4.78 is 0. The fourth-order valence-corrected chi connectivity index (χ4v) is 3.19. The van der Waals surface area contributed by atoms with Crippen molar-refractivity contribution in [2.24, 2.45) is 11.7 Å². The third-order valence-electron chi connectivity index (χ3n) is 3.90. The van der Waals surface area contributed by atoms with Gasteiger partial charge in [0.2, 0.25) is 5.91 Å². The molecule has 0 spiro atoms. The van der Waals surface area contributed by atoms with Gasteiger partial charge in [0, 0.05) is 19.5 Å². The number of piperidine rings is 1. The molecule has 1 atom stereocenters. The van der Waals surface area contributed by atoms with Crippen LogP contribution in [-0.4, -0.2) is 29.0 Å². The first kappa shape index (κ1) is 15.3.